The Hall–Kier alpha value is -1.67. The van der Waals surface area contributed by atoms with Crippen molar-refractivity contribution < 1.29 is 17.2 Å². The number of sulfonamides is 1. The summed E-state index contributed by atoms with van der Waals surface area (Å²) in [6, 6.07) is 6.68. The Bertz CT molecular complexity index is 766. The van der Waals surface area contributed by atoms with E-state index in [-0.39, 0.29) is 20.7 Å². The van der Waals surface area contributed by atoms with Crippen LogP contribution in [0.25, 0.3) is 0 Å². The summed E-state index contributed by atoms with van der Waals surface area (Å²) in [5.74, 6) is -1.26. The molecule has 2 rings (SSSR count). The molecule has 0 aliphatic carbocycles. The Morgan fingerprint density at radius 2 is 1.80 bits per heavy atom. The first-order chi connectivity index (χ1) is 9.29. The lowest BCUT2D eigenvalue weighted by Gasteiger charge is -2.10. The molecule has 0 saturated carbocycles. The molecule has 0 fully saturated rings. The highest BCUT2D eigenvalue weighted by atomic mass is 79.9. The molecule has 0 aliphatic rings. The Balaban J connectivity index is 2.38. The zero-order valence-electron chi connectivity index (χ0n) is 9.90. The van der Waals surface area contributed by atoms with E-state index < -0.39 is 21.7 Å². The monoisotopic (exact) mass is 362 g/mol. The van der Waals surface area contributed by atoms with Gasteiger partial charge in [0.05, 0.1) is 15.8 Å². The number of hydrogen-bond donors (Lipinski definition) is 2. The van der Waals surface area contributed by atoms with Crippen LogP contribution in [0.3, 0.4) is 0 Å². The quantitative estimate of drug-likeness (QED) is 0.824. The fourth-order valence-electron chi connectivity index (χ4n) is 1.53. The predicted molar refractivity (Wildman–Crippen MR) is 75.7 cm³/mol. The number of nitrogens with one attached hydrogen (secondary N) is 1. The van der Waals surface area contributed by atoms with Gasteiger partial charge in [-0.3, -0.25) is 4.72 Å². The van der Waals surface area contributed by atoms with E-state index in [0.717, 1.165) is 24.3 Å². The van der Waals surface area contributed by atoms with Gasteiger partial charge in [0, 0.05) is 0 Å². The molecule has 4 nitrogen and oxygen atoms in total. The second kappa shape index (κ2) is 5.37. The minimum absolute atomic E-state index is 0.0365. The first kappa shape index (κ1) is 14.7. The molecule has 106 valence electrons. The number of benzene rings is 2. The summed E-state index contributed by atoms with van der Waals surface area (Å²) in [6.45, 7) is 0. The summed E-state index contributed by atoms with van der Waals surface area (Å²) < 4.78 is 52.8. The fourth-order valence-corrected chi connectivity index (χ4v) is 2.94. The Labute approximate surface area is 122 Å². The van der Waals surface area contributed by atoms with Gasteiger partial charge in [-0.05, 0) is 52.3 Å². The summed E-state index contributed by atoms with van der Waals surface area (Å²) in [5.41, 5.74) is 5.28. The van der Waals surface area contributed by atoms with Crippen LogP contribution in [-0.2, 0) is 10.0 Å². The van der Waals surface area contributed by atoms with E-state index in [1.165, 1.54) is 12.1 Å². The lowest BCUT2D eigenvalue weighted by atomic mass is 10.3. The molecular weight excluding hydrogens is 354 g/mol. The van der Waals surface area contributed by atoms with Gasteiger partial charge >= 0.3 is 0 Å². The van der Waals surface area contributed by atoms with Crippen LogP contribution in [0, 0.1) is 11.6 Å². The average molecular weight is 363 g/mol. The van der Waals surface area contributed by atoms with Crippen molar-refractivity contribution in [1.82, 2.24) is 0 Å². The average Bonchev–Trinajstić information content (AvgIpc) is 2.33. The van der Waals surface area contributed by atoms with E-state index in [2.05, 4.69) is 20.7 Å². The van der Waals surface area contributed by atoms with E-state index in [1.54, 1.807) is 0 Å². The highest BCUT2D eigenvalue weighted by Crippen LogP contribution is 2.24. The largest absolute Gasteiger partial charge is 0.398 e. The highest BCUT2D eigenvalue weighted by molar-refractivity contribution is 9.10. The molecule has 0 unspecified atom stereocenters. The van der Waals surface area contributed by atoms with Crippen LogP contribution in [0.1, 0.15) is 0 Å². The van der Waals surface area contributed by atoms with Crippen LogP contribution in [-0.4, -0.2) is 8.42 Å². The second-order valence-electron chi connectivity index (χ2n) is 3.92. The van der Waals surface area contributed by atoms with E-state index >= 15 is 0 Å². The third kappa shape index (κ3) is 3.07. The van der Waals surface area contributed by atoms with Gasteiger partial charge in [-0.2, -0.15) is 0 Å². The van der Waals surface area contributed by atoms with Crippen molar-refractivity contribution in [3.8, 4) is 0 Å². The molecule has 0 aliphatic heterocycles. The van der Waals surface area contributed by atoms with Crippen molar-refractivity contribution in [3.63, 3.8) is 0 Å². The SMILES string of the molecule is Nc1cc(F)ccc1S(=O)(=O)Nc1ccc(Br)c(F)c1. The van der Waals surface area contributed by atoms with E-state index in [1.807, 2.05) is 0 Å². The third-order valence-electron chi connectivity index (χ3n) is 2.43. The van der Waals surface area contributed by atoms with Gasteiger partial charge < -0.3 is 5.73 Å². The molecule has 3 N–H and O–H groups in total. The topological polar surface area (TPSA) is 72.2 Å². The number of nitrogen functional groups attached to an aromatic ring is 1. The number of anilines is 2. The van der Waals surface area contributed by atoms with Crippen molar-refractivity contribution in [3.05, 3.63) is 52.5 Å². The summed E-state index contributed by atoms with van der Waals surface area (Å²) in [6.07, 6.45) is 0. The second-order valence-corrected chi connectivity index (χ2v) is 6.42. The van der Waals surface area contributed by atoms with Crippen molar-refractivity contribution in [2.24, 2.45) is 0 Å². The van der Waals surface area contributed by atoms with Crippen LogP contribution in [0.2, 0.25) is 0 Å². The Kier molecular flexibility index (Phi) is 3.96. The normalized spacial score (nSPS) is 11.3. The molecule has 2 aromatic rings. The summed E-state index contributed by atoms with van der Waals surface area (Å²) in [7, 11) is -4.01. The molecule has 8 heteroatoms. The van der Waals surface area contributed by atoms with Crippen molar-refractivity contribution in [2.45, 2.75) is 4.90 Å². The Morgan fingerprint density at radius 3 is 2.40 bits per heavy atom. The third-order valence-corrected chi connectivity index (χ3v) is 4.53. The summed E-state index contributed by atoms with van der Waals surface area (Å²) >= 11 is 2.96. The van der Waals surface area contributed by atoms with Gasteiger partial charge in [-0.25, -0.2) is 17.2 Å². The molecule has 0 bridgehead atoms. The van der Waals surface area contributed by atoms with Crippen LogP contribution in [0.15, 0.2) is 45.8 Å². The van der Waals surface area contributed by atoms with Crippen molar-refractivity contribution in [2.75, 3.05) is 10.5 Å². The number of rotatable bonds is 3. The molecule has 0 saturated heterocycles. The Morgan fingerprint density at radius 1 is 1.10 bits per heavy atom. The molecular formula is C12H9BrF2N2O2S. The summed E-state index contributed by atoms with van der Waals surface area (Å²) in [5, 5.41) is 0. The molecule has 0 radical (unpaired) electrons. The number of nitrogens with two attached hydrogens (primary N) is 1. The first-order valence-corrected chi connectivity index (χ1v) is 7.60. The molecule has 0 spiro atoms. The smallest absolute Gasteiger partial charge is 0.263 e. The first-order valence-electron chi connectivity index (χ1n) is 5.32. The van der Waals surface area contributed by atoms with Gasteiger partial charge in [-0.1, -0.05) is 0 Å². The molecule has 0 atom stereocenters. The van der Waals surface area contributed by atoms with Gasteiger partial charge in [0.2, 0.25) is 0 Å². The fraction of sp³-hybridized carbons (Fsp3) is 0. The summed E-state index contributed by atoms with van der Waals surface area (Å²) in [4.78, 5) is -0.276. The van der Waals surface area contributed by atoms with Gasteiger partial charge in [-0.15, -0.1) is 0 Å². The van der Waals surface area contributed by atoms with Crippen molar-refractivity contribution >= 4 is 37.3 Å². The van der Waals surface area contributed by atoms with Gasteiger partial charge in [0.25, 0.3) is 10.0 Å². The molecule has 2 aromatic carbocycles. The minimum atomic E-state index is -4.01. The zero-order valence-corrected chi connectivity index (χ0v) is 12.3. The molecule has 0 aromatic heterocycles. The van der Waals surface area contributed by atoms with Crippen LogP contribution < -0.4 is 10.5 Å². The van der Waals surface area contributed by atoms with Crippen LogP contribution in [0.5, 0.6) is 0 Å². The zero-order chi connectivity index (χ0) is 14.9. The standard InChI is InChI=1S/C12H9BrF2N2O2S/c13-9-3-2-8(6-10(9)15)17-20(18,19)12-4-1-7(14)5-11(12)16/h1-6,17H,16H2. The van der Waals surface area contributed by atoms with Crippen molar-refractivity contribution in [1.29, 1.82) is 0 Å². The highest BCUT2D eigenvalue weighted by Gasteiger charge is 2.18. The van der Waals surface area contributed by atoms with E-state index in [9.17, 15) is 17.2 Å². The van der Waals surface area contributed by atoms with Crippen LogP contribution >= 0.6 is 15.9 Å². The predicted octanol–water partition coefficient (Wildman–Crippen LogP) is 3.11. The van der Waals surface area contributed by atoms with E-state index in [0.29, 0.717) is 0 Å². The van der Waals surface area contributed by atoms with Crippen LogP contribution in [0.4, 0.5) is 20.2 Å². The molecule has 0 heterocycles. The maximum absolute atomic E-state index is 13.3. The van der Waals surface area contributed by atoms with Gasteiger partial charge in [0.15, 0.2) is 0 Å². The lowest BCUT2D eigenvalue weighted by Crippen LogP contribution is -2.15. The minimum Gasteiger partial charge on any atom is -0.398 e. The molecule has 0 amide bonds. The van der Waals surface area contributed by atoms with E-state index in [4.69, 9.17) is 5.73 Å². The maximum Gasteiger partial charge on any atom is 0.263 e. The molecule has 20 heavy (non-hydrogen) atoms. The maximum atomic E-state index is 13.3. The number of hydrogen-bond acceptors (Lipinski definition) is 3. The number of halogens is 3. The lowest BCUT2D eigenvalue weighted by molar-refractivity contribution is 0.600. The van der Waals surface area contributed by atoms with Gasteiger partial charge in [0.1, 0.15) is 16.5 Å².